The van der Waals surface area contributed by atoms with E-state index in [1.165, 1.54) is 29.6 Å². The van der Waals surface area contributed by atoms with Gasteiger partial charge >= 0.3 is 5.97 Å². The highest BCUT2D eigenvalue weighted by atomic mass is 32.2. The Kier molecular flexibility index (Phi) is 4.34. The highest BCUT2D eigenvalue weighted by Crippen LogP contribution is 2.22. The summed E-state index contributed by atoms with van der Waals surface area (Å²) in [6.45, 7) is 0. The van der Waals surface area contributed by atoms with Crippen molar-refractivity contribution in [2.24, 2.45) is 0 Å². The summed E-state index contributed by atoms with van der Waals surface area (Å²) in [5.74, 6) is -4.21. The van der Waals surface area contributed by atoms with Gasteiger partial charge in [-0.25, -0.2) is 28.2 Å². The summed E-state index contributed by atoms with van der Waals surface area (Å²) in [6, 6.07) is 3.36. The first kappa shape index (κ1) is 17.4. The van der Waals surface area contributed by atoms with Crippen LogP contribution in [0, 0.1) is 11.6 Å². The fourth-order valence-electron chi connectivity index (χ4n) is 1.99. The van der Waals surface area contributed by atoms with Gasteiger partial charge in [0.1, 0.15) is 24.3 Å². The van der Waals surface area contributed by atoms with Crippen LogP contribution in [0.4, 0.5) is 14.5 Å². The molecule has 0 radical (unpaired) electrons. The van der Waals surface area contributed by atoms with Crippen molar-refractivity contribution >= 4 is 21.7 Å². The molecule has 3 aromatic rings. The van der Waals surface area contributed by atoms with Crippen molar-refractivity contribution in [1.29, 1.82) is 0 Å². The van der Waals surface area contributed by atoms with Gasteiger partial charge in [-0.3, -0.25) is 4.72 Å². The molecule has 2 N–H and O–H groups in total. The molecule has 0 saturated carbocycles. The van der Waals surface area contributed by atoms with Crippen molar-refractivity contribution in [1.82, 2.24) is 19.7 Å². The Hall–Kier alpha value is -3.41. The number of halogens is 2. The summed E-state index contributed by atoms with van der Waals surface area (Å²) in [7, 11) is -4.33. The van der Waals surface area contributed by atoms with E-state index in [0.29, 0.717) is 17.8 Å². The van der Waals surface area contributed by atoms with Crippen molar-refractivity contribution in [3.8, 4) is 5.69 Å². The summed E-state index contributed by atoms with van der Waals surface area (Å²) in [6.07, 6.45) is 3.86. The Morgan fingerprint density at radius 3 is 2.54 bits per heavy atom. The van der Waals surface area contributed by atoms with Crippen molar-refractivity contribution in [2.45, 2.75) is 5.03 Å². The number of pyridine rings is 1. The number of carboxylic acids is 1. The van der Waals surface area contributed by atoms with Crippen LogP contribution in [0.2, 0.25) is 0 Å². The van der Waals surface area contributed by atoms with Crippen molar-refractivity contribution in [3.05, 3.63) is 60.3 Å². The Labute approximate surface area is 145 Å². The number of carbonyl (C=O) groups is 1. The SMILES string of the molecule is O=C(O)c1cc(F)c(NS(=O)(=O)c2ccc(-n3cncn3)cn2)cc1F. The molecule has 134 valence electrons. The maximum absolute atomic E-state index is 13.9. The molecule has 12 heteroatoms. The normalized spacial score (nSPS) is 11.3. The number of rotatable bonds is 5. The molecule has 0 unspecified atom stereocenters. The average molecular weight is 381 g/mol. The Morgan fingerprint density at radius 2 is 1.96 bits per heavy atom. The molecule has 1 aromatic carbocycles. The van der Waals surface area contributed by atoms with E-state index in [0.717, 1.165) is 6.07 Å². The Morgan fingerprint density at radius 1 is 1.19 bits per heavy atom. The van der Waals surface area contributed by atoms with Gasteiger partial charge < -0.3 is 5.11 Å². The fraction of sp³-hybridized carbons (Fsp3) is 0. The van der Waals surface area contributed by atoms with Gasteiger partial charge in [0.2, 0.25) is 0 Å². The van der Waals surface area contributed by atoms with Crippen LogP contribution >= 0.6 is 0 Å². The molecule has 0 bridgehead atoms. The van der Waals surface area contributed by atoms with E-state index in [-0.39, 0.29) is 0 Å². The lowest BCUT2D eigenvalue weighted by Crippen LogP contribution is -2.16. The monoisotopic (exact) mass is 381 g/mol. The third kappa shape index (κ3) is 3.35. The van der Waals surface area contributed by atoms with E-state index in [1.807, 2.05) is 4.72 Å². The summed E-state index contributed by atoms with van der Waals surface area (Å²) in [5.41, 5.74) is -1.22. The average Bonchev–Trinajstić information content (AvgIpc) is 3.12. The van der Waals surface area contributed by atoms with E-state index in [9.17, 15) is 22.0 Å². The van der Waals surface area contributed by atoms with Crippen LogP contribution in [0.5, 0.6) is 0 Å². The number of benzene rings is 1. The maximum Gasteiger partial charge on any atom is 0.338 e. The van der Waals surface area contributed by atoms with E-state index in [4.69, 9.17) is 5.11 Å². The van der Waals surface area contributed by atoms with Crippen LogP contribution in [-0.2, 0) is 10.0 Å². The van der Waals surface area contributed by atoms with Crippen molar-refractivity contribution < 1.29 is 27.1 Å². The molecule has 0 saturated heterocycles. The summed E-state index contributed by atoms with van der Waals surface area (Å²) in [4.78, 5) is 18.2. The zero-order valence-electron chi connectivity index (χ0n) is 12.7. The molecule has 2 heterocycles. The lowest BCUT2D eigenvalue weighted by Gasteiger charge is -2.10. The van der Waals surface area contributed by atoms with Crippen molar-refractivity contribution in [2.75, 3.05) is 4.72 Å². The first-order chi connectivity index (χ1) is 12.3. The second kappa shape index (κ2) is 6.48. The van der Waals surface area contributed by atoms with Gasteiger partial charge in [-0.2, -0.15) is 13.5 Å². The van der Waals surface area contributed by atoms with Gasteiger partial charge in [0.25, 0.3) is 10.0 Å². The molecule has 26 heavy (non-hydrogen) atoms. The topological polar surface area (TPSA) is 127 Å². The molecule has 9 nitrogen and oxygen atoms in total. The number of anilines is 1. The highest BCUT2D eigenvalue weighted by Gasteiger charge is 2.21. The van der Waals surface area contributed by atoms with Crippen LogP contribution in [0.15, 0.2) is 48.1 Å². The molecule has 0 aliphatic heterocycles. The summed E-state index contributed by atoms with van der Waals surface area (Å²) >= 11 is 0. The second-order valence-corrected chi connectivity index (χ2v) is 6.55. The smallest absolute Gasteiger partial charge is 0.338 e. The first-order valence-corrected chi connectivity index (χ1v) is 8.32. The molecule has 0 atom stereocenters. The second-order valence-electron chi connectivity index (χ2n) is 4.92. The van der Waals surface area contributed by atoms with E-state index in [2.05, 4.69) is 15.1 Å². The van der Waals surface area contributed by atoms with Crippen LogP contribution in [-0.4, -0.2) is 39.2 Å². The molecular weight excluding hydrogens is 372 g/mol. The molecule has 0 amide bonds. The van der Waals surface area contributed by atoms with Gasteiger partial charge in [0.05, 0.1) is 23.1 Å². The van der Waals surface area contributed by atoms with Crippen LogP contribution in [0.1, 0.15) is 10.4 Å². The molecule has 0 fully saturated rings. The maximum atomic E-state index is 13.9. The summed E-state index contributed by atoms with van der Waals surface area (Å²) in [5, 5.41) is 12.1. The standard InChI is InChI=1S/C14H9F2N5O4S/c15-10-4-12(11(16)3-9(10)14(22)23)20-26(24,25)13-2-1-8(5-18-13)21-7-17-6-19-21/h1-7,20H,(H,22,23). The third-order valence-corrected chi connectivity index (χ3v) is 4.49. The van der Waals surface area contributed by atoms with Gasteiger partial charge in [0, 0.05) is 6.07 Å². The Bertz CT molecular complexity index is 1070. The van der Waals surface area contributed by atoms with Crippen LogP contribution < -0.4 is 4.72 Å². The fourth-order valence-corrected chi connectivity index (χ4v) is 2.98. The van der Waals surface area contributed by atoms with Gasteiger partial charge in [-0.15, -0.1) is 0 Å². The number of nitrogens with zero attached hydrogens (tertiary/aromatic N) is 4. The quantitative estimate of drug-likeness (QED) is 0.684. The molecule has 0 aliphatic carbocycles. The van der Waals surface area contributed by atoms with E-state index >= 15 is 0 Å². The predicted octanol–water partition coefficient (Wildman–Crippen LogP) is 1.44. The highest BCUT2D eigenvalue weighted by molar-refractivity contribution is 7.92. The first-order valence-electron chi connectivity index (χ1n) is 6.84. The third-order valence-electron chi connectivity index (χ3n) is 3.21. The number of carboxylic acid groups (broad SMARTS) is 1. The van der Waals surface area contributed by atoms with E-state index in [1.54, 1.807) is 0 Å². The lowest BCUT2D eigenvalue weighted by molar-refractivity contribution is 0.0691. The zero-order chi connectivity index (χ0) is 18.9. The van der Waals surface area contributed by atoms with Crippen LogP contribution in [0.25, 0.3) is 5.69 Å². The zero-order valence-corrected chi connectivity index (χ0v) is 13.5. The minimum absolute atomic E-state index is 0.386. The van der Waals surface area contributed by atoms with Gasteiger partial charge in [-0.05, 0) is 18.2 Å². The minimum Gasteiger partial charge on any atom is -0.478 e. The van der Waals surface area contributed by atoms with Gasteiger partial charge in [-0.1, -0.05) is 0 Å². The van der Waals surface area contributed by atoms with Gasteiger partial charge in [0.15, 0.2) is 5.03 Å². The number of aromatic nitrogens is 4. The van der Waals surface area contributed by atoms with E-state index < -0.39 is 43.9 Å². The molecule has 0 aliphatic rings. The number of sulfonamides is 1. The minimum atomic E-state index is -4.33. The molecule has 3 rings (SSSR count). The van der Waals surface area contributed by atoms with Crippen molar-refractivity contribution in [3.63, 3.8) is 0 Å². The number of hydrogen-bond acceptors (Lipinski definition) is 6. The largest absolute Gasteiger partial charge is 0.478 e. The lowest BCUT2D eigenvalue weighted by atomic mass is 10.2. The molecule has 0 spiro atoms. The number of nitrogens with one attached hydrogen (secondary N) is 1. The molecular formula is C14H9F2N5O4S. The number of aromatic carboxylic acids is 1. The van der Waals surface area contributed by atoms with Crippen LogP contribution in [0.3, 0.4) is 0 Å². The Balaban J connectivity index is 1.90. The molecule has 2 aromatic heterocycles. The number of hydrogen-bond donors (Lipinski definition) is 2. The summed E-state index contributed by atoms with van der Waals surface area (Å²) < 4.78 is 55.3. The predicted molar refractivity (Wildman–Crippen MR) is 83.3 cm³/mol.